The average Bonchev–Trinajstić information content (AvgIpc) is 2.66. The molecular weight excluding hydrogens is 395 g/mol. The molecule has 114 valence electrons. The maximum atomic E-state index is 13.8. The van der Waals surface area contributed by atoms with E-state index in [4.69, 9.17) is 15.5 Å². The number of primary amides is 1. The second-order valence-corrected chi connectivity index (χ2v) is 7.53. The molecule has 0 fully saturated rings. The zero-order valence-electron chi connectivity index (χ0n) is 9.88. The normalized spacial score (nSPS) is 12.8. The van der Waals surface area contributed by atoms with Gasteiger partial charge in [-0.1, -0.05) is 0 Å². The van der Waals surface area contributed by atoms with Crippen LogP contribution in [0.2, 0.25) is 0 Å². The first-order chi connectivity index (χ1) is 9.46. The second-order valence-electron chi connectivity index (χ2n) is 4.07. The second kappa shape index (κ2) is 4.99. The fraction of sp³-hybridized carbons (Fsp3) is 0.100. The van der Waals surface area contributed by atoms with Gasteiger partial charge in [-0.3, -0.25) is 9.36 Å². The molecule has 0 aliphatic rings. The van der Waals surface area contributed by atoms with Gasteiger partial charge in [0.25, 0.3) is 0 Å². The molecule has 0 spiro atoms. The van der Waals surface area contributed by atoms with Crippen molar-refractivity contribution in [3.05, 3.63) is 27.0 Å². The van der Waals surface area contributed by atoms with Crippen LogP contribution >= 0.6 is 34.9 Å². The molecule has 0 aliphatic heterocycles. The number of phenolic OH excluding ortho intramolecular Hbond substituents is 1. The van der Waals surface area contributed by atoms with E-state index in [1.165, 1.54) is 0 Å². The zero-order chi connectivity index (χ0) is 16.2. The van der Waals surface area contributed by atoms with E-state index >= 15 is 0 Å². The summed E-state index contributed by atoms with van der Waals surface area (Å²) in [5.74, 6) is -1.37. The van der Waals surface area contributed by atoms with Gasteiger partial charge < -0.3 is 20.6 Å². The standard InChI is InChI=1S/C10H7BrF2NO5PS/c11-6-4-1-3(9(14)16)2-5(15)7(4)21-8(6)10(12,13)20(17,18)19/h1-2,15H,(H2,14,16)(H2,17,18,19). The predicted molar refractivity (Wildman–Crippen MR) is 75.6 cm³/mol. The number of benzene rings is 1. The quantitative estimate of drug-likeness (QED) is 0.589. The fourth-order valence-corrected chi connectivity index (χ4v) is 4.54. The lowest BCUT2D eigenvalue weighted by Crippen LogP contribution is -2.12. The highest BCUT2D eigenvalue weighted by atomic mass is 79.9. The number of aromatic hydroxyl groups is 1. The number of hydrogen-bond acceptors (Lipinski definition) is 4. The van der Waals surface area contributed by atoms with E-state index < -0.39 is 29.8 Å². The van der Waals surface area contributed by atoms with Crippen LogP contribution < -0.4 is 5.73 Å². The summed E-state index contributed by atoms with van der Waals surface area (Å²) in [5.41, 5.74) is 0.508. The summed E-state index contributed by atoms with van der Waals surface area (Å²) < 4.78 is 38.2. The fourth-order valence-electron chi connectivity index (χ4n) is 1.62. The number of nitrogens with two attached hydrogens (primary N) is 1. The lowest BCUT2D eigenvalue weighted by atomic mass is 10.1. The van der Waals surface area contributed by atoms with Crippen LogP contribution in [0.15, 0.2) is 16.6 Å². The van der Waals surface area contributed by atoms with Crippen LogP contribution in [0.25, 0.3) is 10.1 Å². The molecule has 11 heteroatoms. The first-order valence-corrected chi connectivity index (χ1v) is 8.37. The number of hydrogen-bond donors (Lipinski definition) is 4. The topological polar surface area (TPSA) is 121 Å². The summed E-state index contributed by atoms with van der Waals surface area (Å²) in [7, 11) is -5.74. The van der Waals surface area contributed by atoms with Crippen LogP contribution in [-0.4, -0.2) is 20.8 Å². The van der Waals surface area contributed by atoms with Crippen LogP contribution in [0, 0.1) is 0 Å². The van der Waals surface area contributed by atoms with Crippen molar-refractivity contribution in [2.24, 2.45) is 5.73 Å². The predicted octanol–water partition coefficient (Wildman–Crippen LogP) is 2.70. The minimum absolute atomic E-state index is 0.0110. The summed E-state index contributed by atoms with van der Waals surface area (Å²) in [4.78, 5) is 27.7. The van der Waals surface area contributed by atoms with Crippen molar-refractivity contribution >= 4 is 50.9 Å². The Labute approximate surface area is 128 Å². The highest BCUT2D eigenvalue weighted by molar-refractivity contribution is 9.10. The Morgan fingerprint density at radius 2 is 1.95 bits per heavy atom. The third-order valence-corrected chi connectivity index (χ3v) is 6.12. The van der Waals surface area contributed by atoms with Crippen LogP contribution in [0.3, 0.4) is 0 Å². The third kappa shape index (κ3) is 2.58. The van der Waals surface area contributed by atoms with Crippen molar-refractivity contribution in [1.29, 1.82) is 0 Å². The van der Waals surface area contributed by atoms with Crippen LogP contribution in [0.4, 0.5) is 8.78 Å². The highest BCUT2D eigenvalue weighted by Crippen LogP contribution is 2.63. The van der Waals surface area contributed by atoms with Crippen LogP contribution in [-0.2, 0) is 10.2 Å². The molecule has 0 saturated carbocycles. The minimum atomic E-state index is -5.74. The van der Waals surface area contributed by atoms with Crippen molar-refractivity contribution in [3.8, 4) is 5.75 Å². The van der Waals surface area contributed by atoms with Gasteiger partial charge in [0.05, 0.1) is 4.70 Å². The highest BCUT2D eigenvalue weighted by Gasteiger charge is 2.53. The average molecular weight is 402 g/mol. The number of carbonyl (C=O) groups excluding carboxylic acids is 1. The Kier molecular flexibility index (Phi) is 3.88. The van der Waals surface area contributed by atoms with Gasteiger partial charge in [-0.25, -0.2) is 0 Å². The maximum absolute atomic E-state index is 13.8. The zero-order valence-corrected chi connectivity index (χ0v) is 13.2. The first kappa shape index (κ1) is 16.3. The van der Waals surface area contributed by atoms with Gasteiger partial charge in [-0.15, -0.1) is 11.3 Å². The molecule has 0 saturated heterocycles. The van der Waals surface area contributed by atoms with Gasteiger partial charge in [-0.2, -0.15) is 8.78 Å². The molecule has 1 aromatic carbocycles. The number of carbonyl (C=O) groups is 1. The number of alkyl halides is 2. The molecule has 1 aromatic heterocycles. The number of phenols is 1. The lowest BCUT2D eigenvalue weighted by Gasteiger charge is -2.16. The maximum Gasteiger partial charge on any atom is 0.400 e. The molecule has 0 bridgehead atoms. The molecule has 0 radical (unpaired) electrons. The van der Waals surface area contributed by atoms with E-state index in [9.17, 15) is 23.2 Å². The van der Waals surface area contributed by atoms with E-state index in [0.717, 1.165) is 12.1 Å². The van der Waals surface area contributed by atoms with Gasteiger partial charge in [-0.05, 0) is 28.1 Å². The number of fused-ring (bicyclic) bond motifs is 1. The number of halogens is 3. The van der Waals surface area contributed by atoms with Crippen molar-refractivity contribution in [2.45, 2.75) is 5.66 Å². The molecule has 1 amide bonds. The minimum Gasteiger partial charge on any atom is -0.506 e. The van der Waals surface area contributed by atoms with E-state index in [1.54, 1.807) is 0 Å². The SMILES string of the molecule is NC(=O)c1cc(O)c2sc(C(F)(F)P(=O)(O)O)c(Br)c2c1. The Bertz CT molecular complexity index is 802. The van der Waals surface area contributed by atoms with Gasteiger partial charge in [0.2, 0.25) is 5.91 Å². The molecule has 2 aromatic rings. The first-order valence-electron chi connectivity index (χ1n) is 5.15. The summed E-state index contributed by atoms with van der Waals surface area (Å²) in [5, 5.41) is 9.76. The number of amides is 1. The molecular formula is C10H7BrF2NO5PS. The molecule has 2 rings (SSSR count). The van der Waals surface area contributed by atoms with E-state index in [2.05, 4.69) is 15.9 Å². The van der Waals surface area contributed by atoms with Crippen molar-refractivity contribution in [2.75, 3.05) is 0 Å². The lowest BCUT2D eigenvalue weighted by molar-refractivity contribution is 0.0595. The van der Waals surface area contributed by atoms with E-state index in [-0.39, 0.29) is 20.1 Å². The Morgan fingerprint density at radius 3 is 2.43 bits per heavy atom. The van der Waals surface area contributed by atoms with Crippen molar-refractivity contribution in [3.63, 3.8) is 0 Å². The van der Waals surface area contributed by atoms with Crippen LogP contribution in [0.5, 0.6) is 5.75 Å². The van der Waals surface area contributed by atoms with Gasteiger partial charge in [0.1, 0.15) is 10.6 Å². The van der Waals surface area contributed by atoms with Gasteiger partial charge in [0.15, 0.2) is 0 Å². The largest absolute Gasteiger partial charge is 0.506 e. The van der Waals surface area contributed by atoms with E-state index in [0.29, 0.717) is 11.3 Å². The number of rotatable bonds is 3. The van der Waals surface area contributed by atoms with Gasteiger partial charge >= 0.3 is 13.3 Å². The molecule has 0 atom stereocenters. The Balaban J connectivity index is 2.81. The molecule has 21 heavy (non-hydrogen) atoms. The smallest absolute Gasteiger partial charge is 0.400 e. The summed E-state index contributed by atoms with van der Waals surface area (Å²) in [6, 6.07) is 2.14. The van der Waals surface area contributed by atoms with Crippen molar-refractivity contribution in [1.82, 2.24) is 0 Å². The molecule has 1 heterocycles. The van der Waals surface area contributed by atoms with E-state index in [1.807, 2.05) is 0 Å². The summed E-state index contributed by atoms with van der Waals surface area (Å²) >= 11 is 3.13. The Hall–Kier alpha value is -1.06. The molecule has 6 nitrogen and oxygen atoms in total. The van der Waals surface area contributed by atoms with Crippen molar-refractivity contribution < 1.29 is 33.0 Å². The summed E-state index contributed by atoms with van der Waals surface area (Å²) in [6.07, 6.45) is 0. The van der Waals surface area contributed by atoms with Gasteiger partial charge in [0, 0.05) is 15.4 Å². The summed E-state index contributed by atoms with van der Waals surface area (Å²) in [6.45, 7) is 0. The third-order valence-electron chi connectivity index (χ3n) is 2.63. The van der Waals surface area contributed by atoms with Crippen LogP contribution in [0.1, 0.15) is 15.2 Å². The monoisotopic (exact) mass is 401 g/mol. The number of thiophene rings is 1. The molecule has 0 unspecified atom stereocenters. The Morgan fingerprint density at radius 1 is 1.38 bits per heavy atom. The molecule has 5 N–H and O–H groups in total. The molecule has 0 aliphatic carbocycles.